The van der Waals surface area contributed by atoms with Gasteiger partial charge in [0, 0.05) is 12.7 Å². The van der Waals surface area contributed by atoms with Crippen molar-refractivity contribution in [1.29, 1.82) is 0 Å². The van der Waals surface area contributed by atoms with Gasteiger partial charge in [0.2, 0.25) is 0 Å². The summed E-state index contributed by atoms with van der Waals surface area (Å²) >= 11 is 0. The van der Waals surface area contributed by atoms with Gasteiger partial charge in [-0.25, -0.2) is 4.68 Å². The predicted octanol–water partition coefficient (Wildman–Crippen LogP) is 1.15. The highest BCUT2D eigenvalue weighted by Crippen LogP contribution is 2.04. The third-order valence-electron chi connectivity index (χ3n) is 1.55. The van der Waals surface area contributed by atoms with Crippen LogP contribution in [0.2, 0.25) is 0 Å². The first-order valence-electron chi connectivity index (χ1n) is 3.55. The highest BCUT2D eigenvalue weighted by molar-refractivity contribution is 5.38. The van der Waals surface area contributed by atoms with E-state index in [-0.39, 0.29) is 0 Å². The van der Waals surface area contributed by atoms with Gasteiger partial charge in [-0.2, -0.15) is 5.10 Å². The summed E-state index contributed by atoms with van der Waals surface area (Å²) < 4.78 is 1.79. The lowest BCUT2D eigenvalue weighted by atomic mass is 10.4. The fourth-order valence-electron chi connectivity index (χ4n) is 1.01. The van der Waals surface area contributed by atoms with Gasteiger partial charge in [0.25, 0.3) is 0 Å². The lowest BCUT2D eigenvalue weighted by molar-refractivity contribution is 0.803. The van der Waals surface area contributed by atoms with E-state index in [1.807, 2.05) is 27.0 Å². The second kappa shape index (κ2) is 2.78. The minimum absolute atomic E-state index is 0.801. The Morgan fingerprint density at radius 1 is 1.64 bits per heavy atom. The summed E-state index contributed by atoms with van der Waals surface area (Å²) in [4.78, 5) is 0. The molecule has 0 atom stereocenters. The molecule has 1 heterocycles. The Morgan fingerprint density at radius 2 is 2.27 bits per heavy atom. The van der Waals surface area contributed by atoms with Crippen molar-refractivity contribution < 1.29 is 0 Å². The standard InChI is InChI=1S/C8H13N3/c1-6-5-7(2)11(10-6)8(3)9-4/h5,9H,3H2,1-2,4H3. The molecule has 0 aromatic carbocycles. The Balaban J connectivity index is 3.03. The molecule has 0 saturated heterocycles. The molecule has 1 aromatic rings. The minimum Gasteiger partial charge on any atom is -0.374 e. The number of rotatable bonds is 2. The van der Waals surface area contributed by atoms with Gasteiger partial charge in [-0.15, -0.1) is 0 Å². The van der Waals surface area contributed by atoms with Crippen LogP contribution in [0.25, 0.3) is 5.82 Å². The molecular weight excluding hydrogens is 138 g/mol. The first-order chi connectivity index (χ1) is 5.15. The molecule has 3 nitrogen and oxygen atoms in total. The van der Waals surface area contributed by atoms with Gasteiger partial charge in [-0.1, -0.05) is 6.58 Å². The highest BCUT2D eigenvalue weighted by atomic mass is 15.3. The number of nitrogens with zero attached hydrogens (tertiary/aromatic N) is 2. The van der Waals surface area contributed by atoms with Gasteiger partial charge in [0.15, 0.2) is 0 Å². The topological polar surface area (TPSA) is 29.9 Å². The molecule has 60 valence electrons. The summed E-state index contributed by atoms with van der Waals surface area (Å²) in [7, 11) is 1.83. The molecule has 1 aromatic heterocycles. The molecule has 0 fully saturated rings. The predicted molar refractivity (Wildman–Crippen MR) is 46.1 cm³/mol. The van der Waals surface area contributed by atoms with Crippen LogP contribution in [0.15, 0.2) is 12.6 Å². The second-order valence-corrected chi connectivity index (χ2v) is 2.54. The van der Waals surface area contributed by atoms with Crippen LogP contribution in [-0.2, 0) is 0 Å². The molecule has 0 aliphatic carbocycles. The van der Waals surface area contributed by atoms with Crippen molar-refractivity contribution in [2.45, 2.75) is 13.8 Å². The molecule has 1 rings (SSSR count). The van der Waals surface area contributed by atoms with Crippen molar-refractivity contribution in [2.24, 2.45) is 0 Å². The summed E-state index contributed by atoms with van der Waals surface area (Å²) in [6.45, 7) is 7.77. The van der Waals surface area contributed by atoms with Crippen LogP contribution >= 0.6 is 0 Å². The smallest absolute Gasteiger partial charge is 0.120 e. The van der Waals surface area contributed by atoms with Gasteiger partial charge in [0.1, 0.15) is 5.82 Å². The van der Waals surface area contributed by atoms with E-state index < -0.39 is 0 Å². The summed E-state index contributed by atoms with van der Waals surface area (Å²) in [5, 5.41) is 7.18. The molecule has 0 radical (unpaired) electrons. The van der Waals surface area contributed by atoms with Crippen molar-refractivity contribution in [3.63, 3.8) is 0 Å². The van der Waals surface area contributed by atoms with E-state index in [2.05, 4.69) is 17.0 Å². The average molecular weight is 151 g/mol. The average Bonchev–Trinajstić information content (AvgIpc) is 2.28. The zero-order valence-electron chi connectivity index (χ0n) is 7.18. The van der Waals surface area contributed by atoms with E-state index in [0.29, 0.717) is 0 Å². The van der Waals surface area contributed by atoms with Crippen molar-refractivity contribution in [3.8, 4) is 0 Å². The number of aryl methyl sites for hydroxylation is 2. The lowest BCUT2D eigenvalue weighted by Crippen LogP contribution is -2.12. The Kier molecular flexibility index (Phi) is 1.98. The third kappa shape index (κ3) is 1.42. The van der Waals surface area contributed by atoms with Gasteiger partial charge < -0.3 is 5.32 Å². The monoisotopic (exact) mass is 151 g/mol. The Bertz CT molecular complexity index is 273. The van der Waals surface area contributed by atoms with E-state index in [4.69, 9.17) is 0 Å². The summed E-state index contributed by atoms with van der Waals surface area (Å²) in [6, 6.07) is 2.02. The molecule has 1 N–H and O–H groups in total. The summed E-state index contributed by atoms with van der Waals surface area (Å²) in [5.74, 6) is 0.801. The Labute approximate surface area is 66.7 Å². The largest absolute Gasteiger partial charge is 0.374 e. The molecule has 0 amide bonds. The van der Waals surface area contributed by atoms with E-state index in [1.54, 1.807) is 4.68 Å². The van der Waals surface area contributed by atoms with E-state index in [1.165, 1.54) is 0 Å². The quantitative estimate of drug-likeness (QED) is 0.687. The Hall–Kier alpha value is -1.25. The maximum Gasteiger partial charge on any atom is 0.120 e. The number of hydrogen-bond donors (Lipinski definition) is 1. The van der Waals surface area contributed by atoms with Gasteiger partial charge >= 0.3 is 0 Å². The zero-order chi connectivity index (χ0) is 8.43. The molecule has 0 unspecified atom stereocenters. The molecule has 0 saturated carbocycles. The zero-order valence-corrected chi connectivity index (χ0v) is 7.18. The van der Waals surface area contributed by atoms with Crippen molar-refractivity contribution >= 4 is 5.82 Å². The number of aromatic nitrogens is 2. The van der Waals surface area contributed by atoms with Crippen LogP contribution in [0.5, 0.6) is 0 Å². The first-order valence-corrected chi connectivity index (χ1v) is 3.55. The molecule has 0 aliphatic heterocycles. The van der Waals surface area contributed by atoms with Crippen LogP contribution < -0.4 is 5.32 Å². The third-order valence-corrected chi connectivity index (χ3v) is 1.55. The van der Waals surface area contributed by atoms with Gasteiger partial charge in [-0.3, -0.25) is 0 Å². The first kappa shape index (κ1) is 7.85. The van der Waals surface area contributed by atoms with Gasteiger partial charge in [0.05, 0.1) is 5.69 Å². The fraction of sp³-hybridized carbons (Fsp3) is 0.375. The molecule has 11 heavy (non-hydrogen) atoms. The van der Waals surface area contributed by atoms with Crippen molar-refractivity contribution in [3.05, 3.63) is 24.0 Å². The van der Waals surface area contributed by atoms with Crippen LogP contribution in [0.4, 0.5) is 0 Å². The van der Waals surface area contributed by atoms with Crippen molar-refractivity contribution in [1.82, 2.24) is 15.1 Å². The lowest BCUT2D eigenvalue weighted by Gasteiger charge is -2.05. The van der Waals surface area contributed by atoms with Crippen LogP contribution in [0, 0.1) is 13.8 Å². The molecule has 0 aliphatic rings. The minimum atomic E-state index is 0.801. The molecular formula is C8H13N3. The van der Waals surface area contributed by atoms with E-state index in [0.717, 1.165) is 17.2 Å². The molecule has 3 heteroatoms. The maximum absolute atomic E-state index is 4.24. The fourth-order valence-corrected chi connectivity index (χ4v) is 1.01. The second-order valence-electron chi connectivity index (χ2n) is 2.54. The highest BCUT2D eigenvalue weighted by Gasteiger charge is 2.01. The number of hydrogen-bond acceptors (Lipinski definition) is 2. The van der Waals surface area contributed by atoms with Crippen LogP contribution in [-0.4, -0.2) is 16.8 Å². The Morgan fingerprint density at radius 3 is 2.64 bits per heavy atom. The summed E-state index contributed by atoms with van der Waals surface area (Å²) in [6.07, 6.45) is 0. The normalized spacial score (nSPS) is 9.73. The van der Waals surface area contributed by atoms with E-state index >= 15 is 0 Å². The SMILES string of the molecule is C=C(NC)n1nc(C)cc1C. The van der Waals surface area contributed by atoms with E-state index in [9.17, 15) is 0 Å². The summed E-state index contributed by atoms with van der Waals surface area (Å²) in [5.41, 5.74) is 2.11. The van der Waals surface area contributed by atoms with Gasteiger partial charge in [-0.05, 0) is 19.9 Å². The van der Waals surface area contributed by atoms with Crippen LogP contribution in [0.1, 0.15) is 11.4 Å². The van der Waals surface area contributed by atoms with Crippen LogP contribution in [0.3, 0.4) is 0 Å². The molecule has 0 bridgehead atoms. The maximum atomic E-state index is 4.24. The number of nitrogens with one attached hydrogen (secondary N) is 1. The van der Waals surface area contributed by atoms with Crippen molar-refractivity contribution in [2.75, 3.05) is 7.05 Å². The molecule has 0 spiro atoms.